The molecule has 0 saturated heterocycles. The van der Waals surface area contributed by atoms with Crippen LogP contribution in [0.25, 0.3) is 0 Å². The number of esters is 1. The Bertz CT molecular complexity index is 1060. The minimum absolute atomic E-state index is 0.132. The Morgan fingerprint density at radius 1 is 0.915 bits per heavy atom. The molecule has 1 N–H and O–H groups in total. The minimum Gasteiger partial charge on any atom is -0.481 e. The largest absolute Gasteiger partial charge is 0.481 e. The smallest absolute Gasteiger partial charge is 0.313 e. The molecule has 0 aromatic carbocycles. The summed E-state index contributed by atoms with van der Waals surface area (Å²) >= 11 is 0. The van der Waals surface area contributed by atoms with Gasteiger partial charge in [-0.05, 0) is 104 Å². The second-order valence-electron chi connectivity index (χ2n) is 17.5. The highest BCUT2D eigenvalue weighted by molar-refractivity contribution is 5.80. The van der Waals surface area contributed by atoms with Gasteiger partial charge in [0.05, 0.1) is 12.3 Å². The molecule has 268 valence electrons. The molecule has 3 saturated carbocycles. The van der Waals surface area contributed by atoms with Gasteiger partial charge < -0.3 is 9.84 Å². The molecule has 4 rings (SSSR count). The Morgan fingerprint density at radius 3 is 2.34 bits per heavy atom. The van der Waals surface area contributed by atoms with Gasteiger partial charge in [0.15, 0.2) is 0 Å². The van der Waals surface area contributed by atoms with Gasteiger partial charge in [-0.3, -0.25) is 9.59 Å². The number of ether oxygens (including phenoxy) is 1. The summed E-state index contributed by atoms with van der Waals surface area (Å²) in [5.74, 6) is 2.91. The first-order valence-electron chi connectivity index (χ1n) is 20.3. The molecule has 4 aliphatic carbocycles. The lowest BCUT2D eigenvalue weighted by Gasteiger charge is -2.58. The molecule has 47 heavy (non-hydrogen) atoms. The SMILES string of the molecule is CCCCCCCCCCC=CC(CC(=O)O)C(=O)OC1CC[C@@]2(C)C(=CCC3C2CC[C@@]2(C)C3CC[C@@H]2[C@H](C)CCCC(C)C)C1. The van der Waals surface area contributed by atoms with Crippen molar-refractivity contribution in [3.8, 4) is 0 Å². The molecule has 0 amide bonds. The molecule has 4 aliphatic rings. The number of carbonyl (C=O) groups is 2. The van der Waals surface area contributed by atoms with Crippen molar-refractivity contribution in [3.05, 3.63) is 23.8 Å². The highest BCUT2D eigenvalue weighted by Gasteiger charge is 2.59. The van der Waals surface area contributed by atoms with Crippen molar-refractivity contribution in [3.63, 3.8) is 0 Å². The van der Waals surface area contributed by atoms with Crippen LogP contribution in [0.5, 0.6) is 0 Å². The van der Waals surface area contributed by atoms with E-state index in [2.05, 4.69) is 47.6 Å². The van der Waals surface area contributed by atoms with Crippen LogP contribution in [-0.4, -0.2) is 23.1 Å². The first kappa shape index (κ1) is 38.2. The van der Waals surface area contributed by atoms with Crippen molar-refractivity contribution in [2.24, 2.45) is 52.3 Å². The number of hydrogen-bond acceptors (Lipinski definition) is 3. The maximum atomic E-state index is 13.3. The zero-order valence-electron chi connectivity index (χ0n) is 31.4. The fourth-order valence-corrected chi connectivity index (χ4v) is 11.1. The van der Waals surface area contributed by atoms with E-state index >= 15 is 0 Å². The summed E-state index contributed by atoms with van der Waals surface area (Å²) in [6.07, 6.45) is 30.8. The highest BCUT2D eigenvalue weighted by atomic mass is 16.5. The Kier molecular flexibility index (Phi) is 14.5. The van der Waals surface area contributed by atoms with Gasteiger partial charge in [0, 0.05) is 6.42 Å². The van der Waals surface area contributed by atoms with Gasteiger partial charge in [-0.15, -0.1) is 0 Å². The van der Waals surface area contributed by atoms with Gasteiger partial charge >= 0.3 is 11.9 Å². The van der Waals surface area contributed by atoms with Gasteiger partial charge in [-0.25, -0.2) is 0 Å². The van der Waals surface area contributed by atoms with E-state index in [4.69, 9.17) is 4.74 Å². The lowest BCUT2D eigenvalue weighted by molar-refractivity contribution is -0.157. The van der Waals surface area contributed by atoms with Crippen molar-refractivity contribution in [2.75, 3.05) is 0 Å². The van der Waals surface area contributed by atoms with Gasteiger partial charge in [-0.1, -0.05) is 130 Å². The van der Waals surface area contributed by atoms with Crippen LogP contribution in [0.2, 0.25) is 0 Å². The van der Waals surface area contributed by atoms with Crippen LogP contribution in [0, 0.1) is 52.3 Å². The van der Waals surface area contributed by atoms with Crippen LogP contribution in [0.3, 0.4) is 0 Å². The highest BCUT2D eigenvalue weighted by Crippen LogP contribution is 2.67. The first-order valence-corrected chi connectivity index (χ1v) is 20.3. The van der Waals surface area contributed by atoms with Crippen LogP contribution >= 0.6 is 0 Å². The van der Waals surface area contributed by atoms with E-state index < -0.39 is 11.9 Å². The molecule has 4 heteroatoms. The topological polar surface area (TPSA) is 63.6 Å². The predicted octanol–water partition coefficient (Wildman–Crippen LogP) is 12.1. The third kappa shape index (κ3) is 9.78. The molecule has 0 aliphatic heterocycles. The molecular weight excluding hydrogens is 580 g/mol. The maximum Gasteiger partial charge on any atom is 0.313 e. The maximum absolute atomic E-state index is 13.3. The number of fused-ring (bicyclic) bond motifs is 5. The standard InChI is InChI=1S/C43H72O4/c1-7-8-9-10-11-12-13-14-15-16-20-33(29-40(44)45)41(46)47-35-25-27-42(5)34(30-35)21-22-36-38-24-23-37(32(4)19-17-18-31(2)3)43(38,6)28-26-39(36)42/h16,20-21,31-33,35-39H,7-15,17-19,22-30H2,1-6H3,(H,44,45)/t32-,33?,35?,36?,37-,38?,39?,42+,43-/m1/s1. The zero-order chi connectivity index (χ0) is 34.0. The second kappa shape index (κ2) is 17.9. The molecule has 4 nitrogen and oxygen atoms in total. The molecule has 9 atom stereocenters. The monoisotopic (exact) mass is 653 g/mol. The van der Waals surface area contributed by atoms with Crippen molar-refractivity contribution in [1.29, 1.82) is 0 Å². The van der Waals surface area contributed by atoms with E-state index in [1.54, 1.807) is 0 Å². The molecule has 0 spiro atoms. The van der Waals surface area contributed by atoms with E-state index in [9.17, 15) is 14.7 Å². The molecule has 0 aromatic heterocycles. The van der Waals surface area contributed by atoms with Crippen molar-refractivity contribution in [1.82, 2.24) is 0 Å². The van der Waals surface area contributed by atoms with Gasteiger partial charge in [0.2, 0.25) is 0 Å². The summed E-state index contributed by atoms with van der Waals surface area (Å²) in [6, 6.07) is 0. The lowest BCUT2D eigenvalue weighted by Crippen LogP contribution is -2.51. The summed E-state index contributed by atoms with van der Waals surface area (Å²) in [5.41, 5.74) is 2.22. The Morgan fingerprint density at radius 2 is 1.64 bits per heavy atom. The molecule has 5 unspecified atom stereocenters. The van der Waals surface area contributed by atoms with Gasteiger partial charge in [-0.2, -0.15) is 0 Å². The van der Waals surface area contributed by atoms with E-state index in [0.717, 1.165) is 67.6 Å². The number of aliphatic carboxylic acids is 1. The normalized spacial score (nSPS) is 33.2. The first-order chi connectivity index (χ1) is 22.5. The molecular formula is C43H72O4. The van der Waals surface area contributed by atoms with Gasteiger partial charge in [0.25, 0.3) is 0 Å². The average Bonchev–Trinajstić information content (AvgIpc) is 3.38. The van der Waals surface area contributed by atoms with E-state index in [0.29, 0.717) is 5.41 Å². The number of carboxylic acids is 1. The number of rotatable bonds is 19. The van der Waals surface area contributed by atoms with Crippen molar-refractivity contribution < 1.29 is 19.4 Å². The summed E-state index contributed by atoms with van der Waals surface area (Å²) < 4.78 is 6.11. The number of carboxylic acid groups (broad SMARTS) is 1. The van der Waals surface area contributed by atoms with E-state index in [1.165, 1.54) is 102 Å². The number of hydrogen-bond donors (Lipinski definition) is 1. The van der Waals surface area contributed by atoms with Crippen LogP contribution in [0.15, 0.2) is 23.8 Å². The third-order valence-corrected chi connectivity index (χ3v) is 13.8. The second-order valence-corrected chi connectivity index (χ2v) is 17.5. The lowest BCUT2D eigenvalue weighted by atomic mass is 9.47. The van der Waals surface area contributed by atoms with Crippen LogP contribution in [-0.2, 0) is 14.3 Å². The summed E-state index contributed by atoms with van der Waals surface area (Å²) in [4.78, 5) is 24.9. The van der Waals surface area contributed by atoms with Crippen molar-refractivity contribution in [2.45, 2.75) is 182 Å². The molecule has 0 radical (unpaired) electrons. The fourth-order valence-electron chi connectivity index (χ4n) is 11.1. The van der Waals surface area contributed by atoms with Crippen LogP contribution in [0.4, 0.5) is 0 Å². The van der Waals surface area contributed by atoms with Crippen LogP contribution in [0.1, 0.15) is 176 Å². The van der Waals surface area contributed by atoms with Gasteiger partial charge in [0.1, 0.15) is 6.10 Å². The van der Waals surface area contributed by atoms with E-state index in [-0.39, 0.29) is 23.9 Å². The molecule has 0 heterocycles. The molecule has 3 fully saturated rings. The zero-order valence-corrected chi connectivity index (χ0v) is 31.4. The quantitative estimate of drug-likeness (QED) is 0.0856. The minimum atomic E-state index is -0.940. The Balaban J connectivity index is 1.29. The molecule has 0 bridgehead atoms. The van der Waals surface area contributed by atoms with Crippen molar-refractivity contribution >= 4 is 11.9 Å². The fraction of sp³-hybridized carbons (Fsp3) is 0.860. The number of carbonyl (C=O) groups excluding carboxylic acids is 1. The van der Waals surface area contributed by atoms with Crippen LogP contribution < -0.4 is 0 Å². The number of allylic oxidation sites excluding steroid dienone is 2. The summed E-state index contributed by atoms with van der Waals surface area (Å²) in [5, 5.41) is 9.54. The predicted molar refractivity (Wildman–Crippen MR) is 195 cm³/mol. The molecule has 0 aromatic rings. The Hall–Kier alpha value is -1.58. The summed E-state index contributed by atoms with van der Waals surface area (Å²) in [7, 11) is 0. The van der Waals surface area contributed by atoms with E-state index in [1.807, 2.05) is 12.2 Å². The summed E-state index contributed by atoms with van der Waals surface area (Å²) in [6.45, 7) is 14.7. The number of unbranched alkanes of at least 4 members (excludes halogenated alkanes) is 8. The Labute approximate surface area is 289 Å². The third-order valence-electron chi connectivity index (χ3n) is 13.8. The average molecular weight is 653 g/mol.